The van der Waals surface area contributed by atoms with Gasteiger partial charge in [0, 0.05) is 32.5 Å². The van der Waals surface area contributed by atoms with Crippen LogP contribution in [0.25, 0.3) is 16.7 Å². The minimum atomic E-state index is -0.0672. The van der Waals surface area contributed by atoms with Gasteiger partial charge in [0.25, 0.3) is 5.56 Å². The Balaban J connectivity index is 1.17. The lowest BCUT2D eigenvalue weighted by Gasteiger charge is -2.32. The molecule has 6 rings (SSSR count). The topological polar surface area (TPSA) is 72.5 Å². The number of fused-ring (bicyclic) bond motifs is 3. The number of aromatic nitrogens is 4. The second-order valence-corrected chi connectivity index (χ2v) is 10.5. The summed E-state index contributed by atoms with van der Waals surface area (Å²) in [5, 5.41) is 9.52. The standard InChI is InChI=1S/C32H33N5O2/c38-30(35-20-17-26(18-21-35)23-25-11-5-2-6-12-25)16-15-29-33-34-32-36(22-19-24-9-3-1-4-10-24)31(39)27-13-7-8-14-28(27)37(29)32/h1-14,26H,15-23H2. The second-order valence-electron chi connectivity index (χ2n) is 10.5. The molecule has 1 aliphatic rings. The van der Waals surface area contributed by atoms with E-state index < -0.39 is 0 Å². The molecule has 0 radical (unpaired) electrons. The van der Waals surface area contributed by atoms with Gasteiger partial charge in [-0.15, -0.1) is 10.2 Å². The van der Waals surface area contributed by atoms with Crippen LogP contribution in [0.2, 0.25) is 0 Å². The number of aryl methyl sites for hydroxylation is 3. The van der Waals surface area contributed by atoms with E-state index in [1.54, 1.807) is 4.57 Å². The van der Waals surface area contributed by atoms with Crippen LogP contribution in [-0.2, 0) is 30.6 Å². The Morgan fingerprint density at radius 1 is 0.795 bits per heavy atom. The fourth-order valence-corrected chi connectivity index (χ4v) is 5.77. The molecule has 0 aliphatic carbocycles. The summed E-state index contributed by atoms with van der Waals surface area (Å²) in [5.41, 5.74) is 3.24. The summed E-state index contributed by atoms with van der Waals surface area (Å²) >= 11 is 0. The molecule has 3 aromatic carbocycles. The Hall–Kier alpha value is -4.26. The maximum absolute atomic E-state index is 13.4. The molecular weight excluding hydrogens is 486 g/mol. The summed E-state index contributed by atoms with van der Waals surface area (Å²) in [6.07, 6.45) is 4.72. The zero-order valence-corrected chi connectivity index (χ0v) is 22.1. The van der Waals surface area contributed by atoms with Gasteiger partial charge in [0.05, 0.1) is 10.9 Å². The minimum absolute atomic E-state index is 0.0672. The summed E-state index contributed by atoms with van der Waals surface area (Å²) in [6.45, 7) is 2.11. The van der Waals surface area contributed by atoms with Crippen molar-refractivity contribution in [1.29, 1.82) is 0 Å². The van der Waals surface area contributed by atoms with Crippen LogP contribution in [-0.4, -0.2) is 43.1 Å². The van der Waals surface area contributed by atoms with Crippen molar-refractivity contribution in [2.45, 2.75) is 45.1 Å². The molecule has 3 heterocycles. The quantitative estimate of drug-likeness (QED) is 0.298. The molecule has 7 nitrogen and oxygen atoms in total. The normalized spacial score (nSPS) is 14.3. The molecule has 1 saturated heterocycles. The average Bonchev–Trinajstić information content (AvgIpc) is 3.41. The molecule has 0 N–H and O–H groups in total. The smallest absolute Gasteiger partial charge is 0.262 e. The molecule has 5 aromatic rings. The van der Waals surface area contributed by atoms with Crippen LogP contribution in [0.1, 0.15) is 36.2 Å². The van der Waals surface area contributed by atoms with Crippen molar-refractivity contribution < 1.29 is 4.79 Å². The number of benzene rings is 3. The van der Waals surface area contributed by atoms with E-state index in [0.717, 1.165) is 49.9 Å². The Bertz CT molecular complexity index is 1630. The van der Waals surface area contributed by atoms with E-state index in [1.807, 2.05) is 51.8 Å². The predicted molar refractivity (Wildman–Crippen MR) is 153 cm³/mol. The molecule has 0 unspecified atom stereocenters. The van der Waals surface area contributed by atoms with Crippen LogP contribution < -0.4 is 5.56 Å². The molecule has 198 valence electrons. The highest BCUT2D eigenvalue weighted by Gasteiger charge is 2.24. The molecule has 0 spiro atoms. The number of carbonyl (C=O) groups excluding carboxylic acids is 1. The number of nitrogens with zero attached hydrogens (tertiary/aromatic N) is 5. The first-order valence-corrected chi connectivity index (χ1v) is 13.9. The number of para-hydroxylation sites is 1. The summed E-state index contributed by atoms with van der Waals surface area (Å²) in [5.74, 6) is 2.02. The van der Waals surface area contributed by atoms with Gasteiger partial charge in [-0.05, 0) is 54.9 Å². The largest absolute Gasteiger partial charge is 0.343 e. The van der Waals surface area contributed by atoms with Crippen molar-refractivity contribution in [2.24, 2.45) is 5.92 Å². The first kappa shape index (κ1) is 25.0. The van der Waals surface area contributed by atoms with E-state index >= 15 is 0 Å². The molecule has 1 fully saturated rings. The molecule has 0 atom stereocenters. The van der Waals surface area contributed by atoms with Crippen LogP contribution in [0, 0.1) is 5.92 Å². The van der Waals surface area contributed by atoms with Crippen LogP contribution in [0.5, 0.6) is 0 Å². The minimum Gasteiger partial charge on any atom is -0.343 e. The maximum Gasteiger partial charge on any atom is 0.262 e. The lowest BCUT2D eigenvalue weighted by molar-refractivity contribution is -0.132. The molecule has 0 saturated carbocycles. The van der Waals surface area contributed by atoms with E-state index in [-0.39, 0.29) is 11.5 Å². The summed E-state index contributed by atoms with van der Waals surface area (Å²) in [6, 6.07) is 28.3. The van der Waals surface area contributed by atoms with Crippen LogP contribution in [0.3, 0.4) is 0 Å². The van der Waals surface area contributed by atoms with Gasteiger partial charge in [-0.1, -0.05) is 72.8 Å². The SMILES string of the molecule is O=C(CCc1nnc2n(CCc3ccccc3)c(=O)c3ccccc3n12)N1CCC(Cc2ccccc2)CC1. The number of hydrogen-bond donors (Lipinski definition) is 0. The third-order valence-corrected chi connectivity index (χ3v) is 7.94. The van der Waals surface area contributed by atoms with Crippen LogP contribution in [0.4, 0.5) is 0 Å². The highest BCUT2D eigenvalue weighted by atomic mass is 16.2. The first-order chi connectivity index (χ1) is 19.2. The third kappa shape index (κ3) is 5.35. The van der Waals surface area contributed by atoms with Gasteiger partial charge in [-0.3, -0.25) is 18.6 Å². The molecule has 39 heavy (non-hydrogen) atoms. The molecule has 0 bridgehead atoms. The zero-order chi connectivity index (χ0) is 26.6. The van der Waals surface area contributed by atoms with Crippen molar-refractivity contribution in [3.63, 3.8) is 0 Å². The van der Waals surface area contributed by atoms with Gasteiger partial charge in [-0.2, -0.15) is 0 Å². The van der Waals surface area contributed by atoms with Gasteiger partial charge in [0.2, 0.25) is 11.7 Å². The van der Waals surface area contributed by atoms with E-state index in [9.17, 15) is 9.59 Å². The van der Waals surface area contributed by atoms with Crippen molar-refractivity contribution in [1.82, 2.24) is 24.1 Å². The second kappa shape index (κ2) is 11.2. The number of amides is 1. The third-order valence-electron chi connectivity index (χ3n) is 7.94. The molecule has 2 aromatic heterocycles. The first-order valence-electron chi connectivity index (χ1n) is 13.9. The van der Waals surface area contributed by atoms with Gasteiger partial charge in [0.1, 0.15) is 5.82 Å². The Labute approximate surface area is 227 Å². The van der Waals surface area contributed by atoms with Crippen molar-refractivity contribution in [3.05, 3.63) is 112 Å². The van der Waals surface area contributed by atoms with Crippen LogP contribution >= 0.6 is 0 Å². The highest BCUT2D eigenvalue weighted by Crippen LogP contribution is 2.23. The van der Waals surface area contributed by atoms with Gasteiger partial charge < -0.3 is 4.90 Å². The van der Waals surface area contributed by atoms with Crippen molar-refractivity contribution in [3.8, 4) is 0 Å². The highest BCUT2D eigenvalue weighted by molar-refractivity contribution is 5.80. The number of likely N-dealkylation sites (tertiary alicyclic amines) is 1. The Morgan fingerprint density at radius 3 is 2.21 bits per heavy atom. The number of hydrogen-bond acceptors (Lipinski definition) is 4. The van der Waals surface area contributed by atoms with Gasteiger partial charge >= 0.3 is 0 Å². The molecule has 1 amide bonds. The van der Waals surface area contributed by atoms with Crippen molar-refractivity contribution in [2.75, 3.05) is 13.1 Å². The zero-order valence-electron chi connectivity index (χ0n) is 22.1. The van der Waals surface area contributed by atoms with Gasteiger partial charge in [0.15, 0.2) is 0 Å². The number of carbonyl (C=O) groups is 1. The molecule has 7 heteroatoms. The number of rotatable bonds is 8. The number of piperidine rings is 1. The predicted octanol–water partition coefficient (Wildman–Crippen LogP) is 4.70. The Morgan fingerprint density at radius 2 is 1.46 bits per heavy atom. The summed E-state index contributed by atoms with van der Waals surface area (Å²) in [7, 11) is 0. The lowest BCUT2D eigenvalue weighted by atomic mass is 9.90. The van der Waals surface area contributed by atoms with E-state index in [2.05, 4.69) is 52.7 Å². The van der Waals surface area contributed by atoms with Gasteiger partial charge in [-0.25, -0.2) is 0 Å². The lowest BCUT2D eigenvalue weighted by Crippen LogP contribution is -2.39. The Kier molecular flexibility index (Phi) is 7.21. The average molecular weight is 520 g/mol. The fourth-order valence-electron chi connectivity index (χ4n) is 5.77. The summed E-state index contributed by atoms with van der Waals surface area (Å²) in [4.78, 5) is 28.6. The fraction of sp³-hybridized carbons (Fsp3) is 0.312. The van der Waals surface area contributed by atoms with Crippen LogP contribution in [0.15, 0.2) is 89.7 Å². The van der Waals surface area contributed by atoms with E-state index in [4.69, 9.17) is 0 Å². The van der Waals surface area contributed by atoms with E-state index in [0.29, 0.717) is 42.3 Å². The molecule has 1 aliphatic heterocycles. The van der Waals surface area contributed by atoms with Crippen molar-refractivity contribution >= 4 is 22.6 Å². The monoisotopic (exact) mass is 519 g/mol. The van der Waals surface area contributed by atoms with E-state index in [1.165, 1.54) is 5.56 Å². The summed E-state index contributed by atoms with van der Waals surface area (Å²) < 4.78 is 3.67. The molecular formula is C32H33N5O2. The maximum atomic E-state index is 13.4.